The number of aryl methyl sites for hydroxylation is 1. The molecule has 1 amide bonds. The smallest absolute Gasteiger partial charge is 0.250 e. The van der Waals surface area contributed by atoms with Crippen molar-refractivity contribution in [3.8, 4) is 5.88 Å². The zero-order chi connectivity index (χ0) is 9.42. The molecule has 0 atom stereocenters. The maximum Gasteiger partial charge on any atom is 0.250 e. The number of nitrogens with one attached hydrogen (secondary N) is 1. The summed E-state index contributed by atoms with van der Waals surface area (Å²) in [5, 5.41) is 11.3. The minimum Gasteiger partial charge on any atom is -0.491 e. The van der Waals surface area contributed by atoms with E-state index in [1.165, 1.54) is 6.20 Å². The van der Waals surface area contributed by atoms with Crippen molar-refractivity contribution >= 4 is 11.6 Å². The lowest BCUT2D eigenvalue weighted by atomic mass is 10.1. The van der Waals surface area contributed by atoms with E-state index in [1.807, 2.05) is 0 Å². The van der Waals surface area contributed by atoms with Gasteiger partial charge in [-0.15, -0.1) is 0 Å². The number of hydrogen-bond donors (Lipinski definition) is 2. The van der Waals surface area contributed by atoms with Crippen molar-refractivity contribution in [3.05, 3.63) is 17.6 Å². The number of aromatic nitrogens is 1. The van der Waals surface area contributed by atoms with Crippen LogP contribution >= 0.6 is 0 Å². The molecule has 0 bridgehead atoms. The van der Waals surface area contributed by atoms with E-state index in [-0.39, 0.29) is 11.6 Å². The van der Waals surface area contributed by atoms with E-state index < -0.39 is 11.7 Å². The molecule has 13 heavy (non-hydrogen) atoms. The third-order valence-electron chi connectivity index (χ3n) is 1.97. The van der Waals surface area contributed by atoms with Gasteiger partial charge in [0.15, 0.2) is 0 Å². The monoisotopic (exact) mass is 182 g/mol. The van der Waals surface area contributed by atoms with Gasteiger partial charge in [-0.05, 0) is 12.0 Å². The lowest BCUT2D eigenvalue weighted by Gasteiger charge is -2.16. The van der Waals surface area contributed by atoms with Gasteiger partial charge in [0, 0.05) is 12.6 Å². The Kier molecular flexibility index (Phi) is 1.65. The minimum atomic E-state index is -0.856. The molecule has 0 saturated carbocycles. The lowest BCUT2D eigenvalue weighted by Crippen LogP contribution is -2.20. The summed E-state index contributed by atoms with van der Waals surface area (Å²) < 4.78 is 13.1. The highest BCUT2D eigenvalue weighted by Crippen LogP contribution is 2.28. The number of nitrogens with zero attached hydrogens (tertiary/aromatic N) is 1. The Morgan fingerprint density at radius 3 is 3.08 bits per heavy atom. The molecule has 68 valence electrons. The molecule has 0 fully saturated rings. The van der Waals surface area contributed by atoms with Gasteiger partial charge in [-0.3, -0.25) is 4.79 Å². The first-order valence-corrected chi connectivity index (χ1v) is 3.84. The zero-order valence-electron chi connectivity index (χ0n) is 6.67. The Hall–Kier alpha value is -1.65. The molecule has 1 aromatic rings. The summed E-state index contributed by atoms with van der Waals surface area (Å²) in [6.07, 6.45) is 2.16. The summed E-state index contributed by atoms with van der Waals surface area (Å²) in [5.41, 5.74) is 0.679. The lowest BCUT2D eigenvalue weighted by molar-refractivity contribution is -0.116. The first-order chi connectivity index (χ1) is 6.18. The van der Waals surface area contributed by atoms with E-state index >= 15 is 0 Å². The zero-order valence-corrected chi connectivity index (χ0v) is 6.67. The quantitative estimate of drug-likeness (QED) is 0.624. The molecule has 0 aliphatic carbocycles. The Labute approximate surface area is 73.4 Å². The SMILES string of the molecule is O=C1CCc2cnc(O)c(F)c2N1. The standard InChI is InChI=1S/C8H7FN2O2/c9-6-7-4(3-10-8(6)13)1-2-5(12)11-7/h3H,1-2H2,(H,10,13)(H,11,12). The molecular formula is C8H7FN2O2. The first kappa shape index (κ1) is 7.97. The third kappa shape index (κ3) is 1.22. The number of fused-ring (bicyclic) bond motifs is 1. The second kappa shape index (κ2) is 2.69. The van der Waals surface area contributed by atoms with Crippen LogP contribution in [0.2, 0.25) is 0 Å². The summed E-state index contributed by atoms with van der Waals surface area (Å²) in [4.78, 5) is 14.4. The van der Waals surface area contributed by atoms with E-state index in [0.29, 0.717) is 18.4 Å². The average Bonchev–Trinajstić information content (AvgIpc) is 2.12. The first-order valence-electron chi connectivity index (χ1n) is 3.84. The van der Waals surface area contributed by atoms with E-state index in [4.69, 9.17) is 5.11 Å². The van der Waals surface area contributed by atoms with Crippen LogP contribution in [0.4, 0.5) is 10.1 Å². The predicted molar refractivity (Wildman–Crippen MR) is 42.8 cm³/mol. The third-order valence-corrected chi connectivity index (χ3v) is 1.97. The molecule has 4 nitrogen and oxygen atoms in total. The number of pyridine rings is 1. The molecule has 1 aliphatic heterocycles. The fraction of sp³-hybridized carbons (Fsp3) is 0.250. The number of carbonyl (C=O) groups is 1. The molecule has 5 heteroatoms. The summed E-state index contributed by atoms with van der Waals surface area (Å²) in [7, 11) is 0. The second-order valence-corrected chi connectivity index (χ2v) is 2.84. The van der Waals surface area contributed by atoms with Gasteiger partial charge in [0.05, 0.1) is 5.69 Å². The molecular weight excluding hydrogens is 175 g/mol. The molecule has 0 unspecified atom stereocenters. The fourth-order valence-electron chi connectivity index (χ4n) is 1.29. The molecule has 2 heterocycles. The van der Waals surface area contributed by atoms with Gasteiger partial charge in [0.2, 0.25) is 17.6 Å². The van der Waals surface area contributed by atoms with Gasteiger partial charge in [-0.1, -0.05) is 0 Å². The van der Waals surface area contributed by atoms with E-state index in [9.17, 15) is 9.18 Å². The number of amides is 1. The van der Waals surface area contributed by atoms with Crippen LogP contribution in [0.15, 0.2) is 6.20 Å². The highest BCUT2D eigenvalue weighted by Gasteiger charge is 2.20. The molecule has 0 spiro atoms. The highest BCUT2D eigenvalue weighted by atomic mass is 19.1. The number of rotatable bonds is 0. The Morgan fingerprint density at radius 1 is 1.54 bits per heavy atom. The summed E-state index contributed by atoms with van der Waals surface area (Å²) in [6, 6.07) is 0. The second-order valence-electron chi connectivity index (χ2n) is 2.84. The Balaban J connectivity index is 2.54. The number of aromatic hydroxyl groups is 1. The maximum atomic E-state index is 13.1. The maximum absolute atomic E-state index is 13.1. The molecule has 0 aromatic carbocycles. The van der Waals surface area contributed by atoms with Gasteiger partial charge in [0.1, 0.15) is 0 Å². The fourth-order valence-corrected chi connectivity index (χ4v) is 1.29. The topological polar surface area (TPSA) is 62.2 Å². The predicted octanol–water partition coefficient (Wildman–Crippen LogP) is 0.811. The van der Waals surface area contributed by atoms with Gasteiger partial charge >= 0.3 is 0 Å². The number of halogens is 1. The summed E-state index contributed by atoms with van der Waals surface area (Å²) >= 11 is 0. The van der Waals surface area contributed by atoms with Crippen molar-refractivity contribution in [2.24, 2.45) is 0 Å². The minimum absolute atomic E-state index is 0.0590. The van der Waals surface area contributed by atoms with Gasteiger partial charge in [-0.2, -0.15) is 4.39 Å². The Morgan fingerprint density at radius 2 is 2.31 bits per heavy atom. The highest BCUT2D eigenvalue weighted by molar-refractivity contribution is 5.94. The molecule has 1 aromatic heterocycles. The van der Waals surface area contributed by atoms with E-state index in [0.717, 1.165) is 0 Å². The van der Waals surface area contributed by atoms with Gasteiger partial charge in [0.25, 0.3) is 0 Å². The van der Waals surface area contributed by atoms with Crippen molar-refractivity contribution in [2.45, 2.75) is 12.8 Å². The van der Waals surface area contributed by atoms with Crippen LogP contribution in [0, 0.1) is 5.82 Å². The van der Waals surface area contributed by atoms with Crippen molar-refractivity contribution in [3.63, 3.8) is 0 Å². The van der Waals surface area contributed by atoms with Crippen molar-refractivity contribution in [1.29, 1.82) is 0 Å². The Bertz CT molecular complexity index is 379. The molecule has 0 saturated heterocycles. The van der Waals surface area contributed by atoms with E-state index in [1.54, 1.807) is 0 Å². The number of carbonyl (C=O) groups excluding carboxylic acids is 1. The van der Waals surface area contributed by atoms with Crippen LogP contribution in [0.3, 0.4) is 0 Å². The van der Waals surface area contributed by atoms with Crippen molar-refractivity contribution in [1.82, 2.24) is 4.98 Å². The average molecular weight is 182 g/mol. The van der Waals surface area contributed by atoms with E-state index in [2.05, 4.69) is 10.3 Å². The van der Waals surface area contributed by atoms with Gasteiger partial charge < -0.3 is 10.4 Å². The van der Waals surface area contributed by atoms with Crippen molar-refractivity contribution < 1.29 is 14.3 Å². The summed E-state index contributed by atoms with van der Waals surface area (Å²) in [6.45, 7) is 0. The number of hydrogen-bond acceptors (Lipinski definition) is 3. The van der Waals surface area contributed by atoms with Crippen LogP contribution in [0.5, 0.6) is 5.88 Å². The van der Waals surface area contributed by atoms with Crippen LogP contribution in [0.1, 0.15) is 12.0 Å². The largest absolute Gasteiger partial charge is 0.491 e. The summed E-state index contributed by atoms with van der Waals surface area (Å²) in [5.74, 6) is -1.77. The van der Waals surface area contributed by atoms with Crippen LogP contribution in [0.25, 0.3) is 0 Å². The van der Waals surface area contributed by atoms with Crippen LogP contribution in [-0.2, 0) is 11.2 Å². The molecule has 0 radical (unpaired) electrons. The van der Waals surface area contributed by atoms with Crippen LogP contribution < -0.4 is 5.32 Å². The van der Waals surface area contributed by atoms with Gasteiger partial charge in [-0.25, -0.2) is 4.98 Å². The number of anilines is 1. The van der Waals surface area contributed by atoms with Crippen LogP contribution in [-0.4, -0.2) is 16.0 Å². The van der Waals surface area contributed by atoms with Crippen molar-refractivity contribution in [2.75, 3.05) is 5.32 Å². The molecule has 2 N–H and O–H groups in total. The normalized spacial score (nSPS) is 15.0. The molecule has 1 aliphatic rings. The molecule has 2 rings (SSSR count).